The molecule has 1 unspecified atom stereocenters. The predicted molar refractivity (Wildman–Crippen MR) is 54.9 cm³/mol. The Morgan fingerprint density at radius 2 is 2.31 bits per heavy atom. The van der Waals surface area contributed by atoms with Crippen LogP contribution >= 0.6 is 11.8 Å². The van der Waals surface area contributed by atoms with Crippen LogP contribution in [-0.4, -0.2) is 28.1 Å². The maximum absolute atomic E-state index is 11.0. The molecule has 0 radical (unpaired) electrons. The van der Waals surface area contributed by atoms with Crippen LogP contribution in [0, 0.1) is 5.92 Å². The van der Waals surface area contributed by atoms with Gasteiger partial charge in [-0.15, -0.1) is 0 Å². The summed E-state index contributed by atoms with van der Waals surface area (Å²) in [6.45, 7) is 2.09. The summed E-state index contributed by atoms with van der Waals surface area (Å²) >= 11 is 1.65. The molecule has 0 aromatic rings. The molecule has 3 N–H and O–H groups in total. The second-order valence-corrected chi connectivity index (χ2v) is 4.78. The summed E-state index contributed by atoms with van der Waals surface area (Å²) < 4.78 is 0. The highest BCUT2D eigenvalue weighted by Crippen LogP contribution is 2.40. The van der Waals surface area contributed by atoms with Crippen LogP contribution in [0.5, 0.6) is 0 Å². The summed E-state index contributed by atoms with van der Waals surface area (Å²) in [5, 5.41) is 9.00. The molecule has 0 bridgehead atoms. The van der Waals surface area contributed by atoms with Crippen LogP contribution in [0.2, 0.25) is 0 Å². The Kier molecular flexibility index (Phi) is 3.62. The molecule has 4 heteroatoms. The molecule has 0 spiro atoms. The first-order valence-electron chi connectivity index (χ1n) is 4.71. The summed E-state index contributed by atoms with van der Waals surface area (Å²) in [5.74, 6) is 0.938. The van der Waals surface area contributed by atoms with Crippen LogP contribution in [0.1, 0.15) is 26.2 Å². The van der Waals surface area contributed by atoms with Crippen molar-refractivity contribution in [1.82, 2.24) is 0 Å². The Hall–Kier alpha value is -0.220. The van der Waals surface area contributed by atoms with Gasteiger partial charge in [0.2, 0.25) is 0 Å². The average Bonchev–Trinajstić information content (AvgIpc) is 2.86. The first-order chi connectivity index (χ1) is 6.11. The second kappa shape index (κ2) is 4.33. The molecule has 1 saturated carbocycles. The summed E-state index contributed by atoms with van der Waals surface area (Å²) in [6, 6.07) is 0. The van der Waals surface area contributed by atoms with Crippen LogP contribution in [0.3, 0.4) is 0 Å². The molecule has 0 aliphatic heterocycles. The molecule has 76 valence electrons. The highest BCUT2D eigenvalue weighted by molar-refractivity contribution is 7.99. The molecule has 1 atom stereocenters. The number of rotatable bonds is 6. The molecule has 1 aliphatic rings. The average molecular weight is 203 g/mol. The first-order valence-corrected chi connectivity index (χ1v) is 5.86. The van der Waals surface area contributed by atoms with E-state index in [2.05, 4.69) is 6.92 Å². The van der Waals surface area contributed by atoms with Gasteiger partial charge in [-0.05, 0) is 30.9 Å². The quantitative estimate of drug-likeness (QED) is 0.639. The molecule has 0 aromatic carbocycles. The van der Waals surface area contributed by atoms with Crippen molar-refractivity contribution in [3.8, 4) is 0 Å². The predicted octanol–water partition coefficient (Wildman–Crippen LogP) is 1.32. The van der Waals surface area contributed by atoms with E-state index in [1.165, 1.54) is 0 Å². The lowest BCUT2D eigenvalue weighted by molar-refractivity contribution is -0.143. The normalized spacial score (nSPS) is 21.1. The van der Waals surface area contributed by atoms with Gasteiger partial charge in [-0.2, -0.15) is 11.8 Å². The molecular weight excluding hydrogens is 186 g/mol. The minimum atomic E-state index is -0.958. The molecule has 13 heavy (non-hydrogen) atoms. The van der Waals surface area contributed by atoms with Gasteiger partial charge < -0.3 is 10.8 Å². The van der Waals surface area contributed by atoms with Gasteiger partial charge in [0.05, 0.1) is 0 Å². The van der Waals surface area contributed by atoms with Gasteiger partial charge in [0.15, 0.2) is 0 Å². The topological polar surface area (TPSA) is 63.3 Å². The SMILES string of the molecule is CCCSCC(N)(C(=O)O)C1CC1. The van der Waals surface area contributed by atoms with Crippen molar-refractivity contribution in [2.75, 3.05) is 11.5 Å². The lowest BCUT2D eigenvalue weighted by Crippen LogP contribution is -2.52. The Bertz CT molecular complexity index is 194. The van der Waals surface area contributed by atoms with Crippen LogP contribution < -0.4 is 5.73 Å². The third-order valence-electron chi connectivity index (χ3n) is 2.39. The zero-order chi connectivity index (χ0) is 9.90. The van der Waals surface area contributed by atoms with E-state index in [0.29, 0.717) is 5.75 Å². The third kappa shape index (κ3) is 2.61. The molecule has 0 aromatic heterocycles. The van der Waals surface area contributed by atoms with Gasteiger partial charge in [0.1, 0.15) is 5.54 Å². The number of hydrogen-bond acceptors (Lipinski definition) is 3. The van der Waals surface area contributed by atoms with Crippen molar-refractivity contribution in [1.29, 1.82) is 0 Å². The number of nitrogens with two attached hydrogens (primary N) is 1. The van der Waals surface area contributed by atoms with Gasteiger partial charge in [-0.1, -0.05) is 6.92 Å². The van der Waals surface area contributed by atoms with Gasteiger partial charge in [0, 0.05) is 5.75 Å². The number of carboxylic acids is 1. The summed E-state index contributed by atoms with van der Waals surface area (Å²) in [4.78, 5) is 11.0. The van der Waals surface area contributed by atoms with Crippen molar-refractivity contribution < 1.29 is 9.90 Å². The van der Waals surface area contributed by atoms with Gasteiger partial charge >= 0.3 is 5.97 Å². The van der Waals surface area contributed by atoms with Crippen LogP contribution in [0.25, 0.3) is 0 Å². The Balaban J connectivity index is 2.42. The molecule has 1 rings (SSSR count). The molecule has 3 nitrogen and oxygen atoms in total. The number of carbonyl (C=O) groups is 1. The number of hydrogen-bond donors (Lipinski definition) is 2. The fourth-order valence-corrected chi connectivity index (χ4v) is 2.47. The van der Waals surface area contributed by atoms with E-state index < -0.39 is 11.5 Å². The lowest BCUT2D eigenvalue weighted by atomic mass is 9.98. The maximum atomic E-state index is 11.0. The van der Waals surface area contributed by atoms with E-state index in [1.807, 2.05) is 0 Å². The Morgan fingerprint density at radius 1 is 1.69 bits per heavy atom. The van der Waals surface area contributed by atoms with Crippen LogP contribution in [-0.2, 0) is 4.79 Å². The minimum Gasteiger partial charge on any atom is -0.480 e. The van der Waals surface area contributed by atoms with E-state index in [-0.39, 0.29) is 5.92 Å². The smallest absolute Gasteiger partial charge is 0.324 e. The Labute approximate surface area is 83.1 Å². The number of thioether (sulfide) groups is 1. The van der Waals surface area contributed by atoms with Crippen molar-refractivity contribution in [3.63, 3.8) is 0 Å². The fourth-order valence-electron chi connectivity index (χ4n) is 1.34. The minimum absolute atomic E-state index is 0.217. The summed E-state index contributed by atoms with van der Waals surface area (Å²) in [6.07, 6.45) is 3.04. The van der Waals surface area contributed by atoms with Crippen molar-refractivity contribution in [2.24, 2.45) is 11.7 Å². The molecule has 0 amide bonds. The second-order valence-electron chi connectivity index (χ2n) is 3.67. The monoisotopic (exact) mass is 203 g/mol. The first kappa shape index (κ1) is 10.9. The van der Waals surface area contributed by atoms with Crippen molar-refractivity contribution in [3.05, 3.63) is 0 Å². The van der Waals surface area contributed by atoms with E-state index in [9.17, 15) is 4.79 Å². The van der Waals surface area contributed by atoms with Gasteiger partial charge in [-0.25, -0.2) is 0 Å². The molecule has 1 aliphatic carbocycles. The zero-order valence-corrected chi connectivity index (χ0v) is 8.77. The van der Waals surface area contributed by atoms with Crippen molar-refractivity contribution in [2.45, 2.75) is 31.7 Å². The highest BCUT2D eigenvalue weighted by atomic mass is 32.2. The molecular formula is C9H17NO2S. The van der Waals surface area contributed by atoms with E-state index in [4.69, 9.17) is 10.8 Å². The highest BCUT2D eigenvalue weighted by Gasteiger charge is 2.47. The number of aliphatic carboxylic acids is 1. The zero-order valence-electron chi connectivity index (χ0n) is 7.95. The van der Waals surface area contributed by atoms with Gasteiger partial charge in [-0.3, -0.25) is 4.79 Å². The largest absolute Gasteiger partial charge is 0.480 e. The molecule has 1 fully saturated rings. The molecule has 0 heterocycles. The van der Waals surface area contributed by atoms with Crippen molar-refractivity contribution >= 4 is 17.7 Å². The van der Waals surface area contributed by atoms with E-state index in [0.717, 1.165) is 25.0 Å². The number of carboxylic acid groups (broad SMARTS) is 1. The van der Waals surface area contributed by atoms with E-state index >= 15 is 0 Å². The fraction of sp³-hybridized carbons (Fsp3) is 0.889. The third-order valence-corrected chi connectivity index (χ3v) is 3.77. The van der Waals surface area contributed by atoms with Gasteiger partial charge in [0.25, 0.3) is 0 Å². The lowest BCUT2D eigenvalue weighted by Gasteiger charge is -2.23. The Morgan fingerprint density at radius 3 is 2.69 bits per heavy atom. The summed E-state index contributed by atoms with van der Waals surface area (Å²) in [5.41, 5.74) is 4.91. The maximum Gasteiger partial charge on any atom is 0.324 e. The standard InChI is InChI=1S/C9H17NO2S/c1-2-5-13-6-9(10,8(11)12)7-3-4-7/h7H,2-6,10H2,1H3,(H,11,12). The van der Waals surface area contributed by atoms with E-state index in [1.54, 1.807) is 11.8 Å². The van der Waals surface area contributed by atoms with Crippen LogP contribution in [0.4, 0.5) is 0 Å². The molecule has 0 saturated heterocycles. The summed E-state index contributed by atoms with van der Waals surface area (Å²) in [7, 11) is 0. The van der Waals surface area contributed by atoms with Crippen LogP contribution in [0.15, 0.2) is 0 Å².